The maximum atomic E-state index is 11.8. The third-order valence-electron chi connectivity index (χ3n) is 2.56. The Balaban J connectivity index is 1.85. The summed E-state index contributed by atoms with van der Waals surface area (Å²) in [6.07, 6.45) is 0.305. The quantitative estimate of drug-likeness (QED) is 0.923. The molecule has 5 heteroatoms. The molecule has 1 N–H and O–H groups in total. The number of aromatic nitrogens is 1. The summed E-state index contributed by atoms with van der Waals surface area (Å²) in [4.78, 5) is 16.3. The van der Waals surface area contributed by atoms with Gasteiger partial charge in [-0.05, 0) is 32.9 Å². The summed E-state index contributed by atoms with van der Waals surface area (Å²) in [5, 5.41) is 5.71. The Kier molecular flexibility index (Phi) is 4.96. The van der Waals surface area contributed by atoms with Crippen LogP contribution in [-0.2, 0) is 17.8 Å². The van der Waals surface area contributed by atoms with E-state index in [1.807, 2.05) is 56.5 Å². The standard InChI is InChI=1S/C16H20N2O2S/c1-16(2,3)18-14(19)9-12-11-21-15(17-12)10-20-13-7-5-4-6-8-13/h4-8,11H,9-10H2,1-3H3,(H,18,19). The van der Waals surface area contributed by atoms with Crippen LogP contribution in [0.2, 0.25) is 0 Å². The normalized spacial score (nSPS) is 11.2. The van der Waals surface area contributed by atoms with E-state index in [0.29, 0.717) is 13.0 Å². The molecule has 0 aliphatic carbocycles. The van der Waals surface area contributed by atoms with Gasteiger partial charge in [0.1, 0.15) is 17.4 Å². The molecule has 21 heavy (non-hydrogen) atoms. The molecule has 112 valence electrons. The van der Waals surface area contributed by atoms with Crippen molar-refractivity contribution < 1.29 is 9.53 Å². The Morgan fingerprint density at radius 3 is 2.67 bits per heavy atom. The smallest absolute Gasteiger partial charge is 0.226 e. The lowest BCUT2D eigenvalue weighted by Gasteiger charge is -2.20. The summed E-state index contributed by atoms with van der Waals surface area (Å²) >= 11 is 1.51. The average molecular weight is 304 g/mol. The van der Waals surface area contributed by atoms with Gasteiger partial charge >= 0.3 is 0 Å². The summed E-state index contributed by atoms with van der Waals surface area (Å²) in [5.41, 5.74) is 0.570. The van der Waals surface area contributed by atoms with E-state index in [-0.39, 0.29) is 11.4 Å². The number of carbonyl (C=O) groups is 1. The fraction of sp³-hybridized carbons (Fsp3) is 0.375. The predicted octanol–water partition coefficient (Wildman–Crippen LogP) is 3.18. The van der Waals surface area contributed by atoms with Gasteiger partial charge in [0.05, 0.1) is 12.1 Å². The van der Waals surface area contributed by atoms with E-state index < -0.39 is 0 Å². The fourth-order valence-corrected chi connectivity index (χ4v) is 2.49. The number of thiazole rings is 1. The maximum absolute atomic E-state index is 11.8. The van der Waals surface area contributed by atoms with Gasteiger partial charge in [-0.15, -0.1) is 11.3 Å². The van der Waals surface area contributed by atoms with Crippen LogP contribution in [0.3, 0.4) is 0 Å². The molecule has 0 fully saturated rings. The number of nitrogens with zero attached hydrogens (tertiary/aromatic N) is 1. The molecule has 0 spiro atoms. The number of carbonyl (C=O) groups excluding carboxylic acids is 1. The van der Waals surface area contributed by atoms with Crippen molar-refractivity contribution in [2.45, 2.75) is 39.3 Å². The van der Waals surface area contributed by atoms with E-state index in [2.05, 4.69) is 10.3 Å². The maximum Gasteiger partial charge on any atom is 0.226 e. The van der Waals surface area contributed by atoms with Crippen LogP contribution in [0.4, 0.5) is 0 Å². The second-order valence-electron chi connectivity index (χ2n) is 5.81. The monoisotopic (exact) mass is 304 g/mol. The van der Waals surface area contributed by atoms with Gasteiger partial charge in [0, 0.05) is 10.9 Å². The molecule has 0 bridgehead atoms. The van der Waals surface area contributed by atoms with Gasteiger partial charge < -0.3 is 10.1 Å². The van der Waals surface area contributed by atoms with Crippen molar-refractivity contribution in [1.82, 2.24) is 10.3 Å². The molecule has 2 aromatic rings. The van der Waals surface area contributed by atoms with Gasteiger partial charge in [0.15, 0.2) is 0 Å². The number of rotatable bonds is 5. The third-order valence-corrected chi connectivity index (χ3v) is 3.43. The molecule has 0 radical (unpaired) electrons. The lowest BCUT2D eigenvalue weighted by atomic mass is 10.1. The van der Waals surface area contributed by atoms with Crippen LogP contribution in [0, 0.1) is 0 Å². The number of hydrogen-bond donors (Lipinski definition) is 1. The summed E-state index contributed by atoms with van der Waals surface area (Å²) < 4.78 is 5.64. The highest BCUT2D eigenvalue weighted by Gasteiger charge is 2.15. The Morgan fingerprint density at radius 1 is 1.29 bits per heavy atom. The third kappa shape index (κ3) is 5.55. The van der Waals surface area contributed by atoms with Gasteiger partial charge in [0.25, 0.3) is 0 Å². The molecule has 0 atom stereocenters. The molecular formula is C16H20N2O2S. The molecule has 1 amide bonds. The first-order chi connectivity index (χ1) is 9.92. The van der Waals surface area contributed by atoms with Crippen molar-refractivity contribution in [2.75, 3.05) is 0 Å². The topological polar surface area (TPSA) is 51.2 Å². The minimum absolute atomic E-state index is 0.0108. The van der Waals surface area contributed by atoms with Crippen molar-refractivity contribution in [3.63, 3.8) is 0 Å². The minimum atomic E-state index is -0.216. The minimum Gasteiger partial charge on any atom is -0.486 e. The van der Waals surface area contributed by atoms with Crippen molar-refractivity contribution in [3.05, 3.63) is 46.4 Å². The molecule has 1 aromatic heterocycles. The van der Waals surface area contributed by atoms with Crippen molar-refractivity contribution >= 4 is 17.2 Å². The average Bonchev–Trinajstić information content (AvgIpc) is 2.83. The Labute approximate surface area is 129 Å². The van der Waals surface area contributed by atoms with Crippen LogP contribution in [-0.4, -0.2) is 16.4 Å². The number of benzene rings is 1. The number of nitrogens with one attached hydrogen (secondary N) is 1. The SMILES string of the molecule is CC(C)(C)NC(=O)Cc1csc(COc2ccccc2)n1. The Bertz CT molecular complexity index is 588. The first-order valence-electron chi connectivity index (χ1n) is 6.84. The largest absolute Gasteiger partial charge is 0.486 e. The van der Waals surface area contributed by atoms with E-state index in [0.717, 1.165) is 16.5 Å². The van der Waals surface area contributed by atoms with Gasteiger partial charge in [-0.1, -0.05) is 18.2 Å². The second kappa shape index (κ2) is 6.72. The van der Waals surface area contributed by atoms with Crippen molar-refractivity contribution in [1.29, 1.82) is 0 Å². The highest BCUT2D eigenvalue weighted by Crippen LogP contribution is 2.15. The zero-order valence-electron chi connectivity index (χ0n) is 12.6. The molecule has 0 aliphatic rings. The number of ether oxygens (including phenoxy) is 1. The van der Waals surface area contributed by atoms with E-state index in [1.165, 1.54) is 11.3 Å². The van der Waals surface area contributed by atoms with E-state index in [4.69, 9.17) is 4.74 Å². The molecule has 2 rings (SSSR count). The molecule has 0 unspecified atom stereocenters. The predicted molar refractivity (Wildman–Crippen MR) is 84.5 cm³/mol. The van der Waals surface area contributed by atoms with E-state index in [1.54, 1.807) is 0 Å². The van der Waals surface area contributed by atoms with Gasteiger partial charge in [-0.25, -0.2) is 4.98 Å². The Morgan fingerprint density at radius 2 is 2.00 bits per heavy atom. The summed E-state index contributed by atoms with van der Waals surface area (Å²) in [7, 11) is 0. The van der Waals surface area contributed by atoms with Gasteiger partial charge in [-0.3, -0.25) is 4.79 Å². The molecule has 0 aliphatic heterocycles. The van der Waals surface area contributed by atoms with Gasteiger partial charge in [-0.2, -0.15) is 0 Å². The zero-order chi connectivity index (χ0) is 15.3. The number of hydrogen-bond acceptors (Lipinski definition) is 4. The second-order valence-corrected chi connectivity index (χ2v) is 6.75. The number of para-hydroxylation sites is 1. The molecule has 1 heterocycles. The van der Waals surface area contributed by atoms with Crippen LogP contribution in [0.1, 0.15) is 31.5 Å². The van der Waals surface area contributed by atoms with Crippen molar-refractivity contribution in [2.24, 2.45) is 0 Å². The summed E-state index contributed by atoms with van der Waals surface area (Å²) in [6, 6.07) is 9.62. The number of amides is 1. The lowest BCUT2D eigenvalue weighted by Crippen LogP contribution is -2.41. The van der Waals surface area contributed by atoms with Crippen LogP contribution in [0.5, 0.6) is 5.75 Å². The van der Waals surface area contributed by atoms with Gasteiger partial charge in [0.2, 0.25) is 5.91 Å². The van der Waals surface area contributed by atoms with Crippen LogP contribution >= 0.6 is 11.3 Å². The molecular weight excluding hydrogens is 284 g/mol. The highest BCUT2D eigenvalue weighted by atomic mass is 32.1. The summed E-state index contributed by atoms with van der Waals surface area (Å²) in [5.74, 6) is 0.808. The Hall–Kier alpha value is -1.88. The summed E-state index contributed by atoms with van der Waals surface area (Å²) in [6.45, 7) is 6.32. The van der Waals surface area contributed by atoms with Crippen LogP contribution < -0.4 is 10.1 Å². The van der Waals surface area contributed by atoms with E-state index in [9.17, 15) is 4.79 Å². The zero-order valence-corrected chi connectivity index (χ0v) is 13.4. The van der Waals surface area contributed by atoms with E-state index >= 15 is 0 Å². The molecule has 0 saturated heterocycles. The van der Waals surface area contributed by atoms with Crippen LogP contribution in [0.15, 0.2) is 35.7 Å². The molecule has 1 aromatic carbocycles. The first kappa shape index (κ1) is 15.5. The van der Waals surface area contributed by atoms with Crippen LogP contribution in [0.25, 0.3) is 0 Å². The highest BCUT2D eigenvalue weighted by molar-refractivity contribution is 7.09. The lowest BCUT2D eigenvalue weighted by molar-refractivity contribution is -0.121. The first-order valence-corrected chi connectivity index (χ1v) is 7.72. The fourth-order valence-electron chi connectivity index (χ4n) is 1.79. The molecule has 0 saturated carbocycles. The van der Waals surface area contributed by atoms with Crippen molar-refractivity contribution in [3.8, 4) is 5.75 Å². The molecule has 4 nitrogen and oxygen atoms in total.